The van der Waals surface area contributed by atoms with Crippen molar-refractivity contribution in [3.05, 3.63) is 201 Å². The maximum atomic E-state index is 15.7. The number of hydrogen-bond donors (Lipinski definition) is 14. The van der Waals surface area contributed by atoms with Gasteiger partial charge >= 0.3 is 5.97 Å². The van der Waals surface area contributed by atoms with Crippen molar-refractivity contribution in [2.45, 2.75) is 178 Å². The van der Waals surface area contributed by atoms with Gasteiger partial charge in [-0.1, -0.05) is 174 Å². The number of carboxylic acids is 1. The number of primary amides is 1. The summed E-state index contributed by atoms with van der Waals surface area (Å²) in [7, 11) is 6.38. The highest BCUT2D eigenvalue weighted by molar-refractivity contribution is 8.00. The number of aromatic nitrogens is 1. The number of nitrogens with zero attached hydrogens (tertiary/aromatic N) is 5. The summed E-state index contributed by atoms with van der Waals surface area (Å²) in [6, 6.07) is 18.6. The number of H-pyrrole nitrogens is 1. The van der Waals surface area contributed by atoms with Crippen LogP contribution in [0.1, 0.15) is 100 Å². The van der Waals surface area contributed by atoms with E-state index in [1.807, 2.05) is 6.92 Å². The Morgan fingerprint density at radius 3 is 1.59 bits per heavy atom. The summed E-state index contributed by atoms with van der Waals surface area (Å²) < 4.78 is 15.1. The van der Waals surface area contributed by atoms with Crippen molar-refractivity contribution in [2.75, 3.05) is 66.4 Å². The minimum absolute atomic E-state index is 0.0302. The summed E-state index contributed by atoms with van der Waals surface area (Å²) in [4.78, 5) is 243. The molecule has 1 aliphatic heterocycles. The molecule has 12 atom stereocenters. The second-order valence-corrected chi connectivity index (χ2v) is 35.6. The number of benzene rings is 6. The lowest BCUT2D eigenvalue weighted by Crippen LogP contribution is -2.61. The van der Waals surface area contributed by atoms with Gasteiger partial charge < -0.3 is 103 Å². The molecule has 0 saturated carbocycles. The number of aldehydes is 1. The SMILES string of the molecule is CCCC[C@H]1C(=O)N(C)C(C=O)CN[C@@H](CC(=O)O)C(=O)N[C@@H](C(C)C)C(=O)N(C)[C@@H](Cc2ccccc2)C(=O)N[C@@H](Cc2ccc(O)cc2)C(=O)N(C)CC(=O)N[C@@H](Cc2c[nH]c3ccccc23)C(=O)N[C@@H](Cc2ccc(O)cc2)C(=O)N[C@@H](CC(C)C)C(=O)N[C@H](C(=O)NCC(N)=O)CSCC(=O)N[C@@H](Cc2cc(Cl)c(F)c(Cl)c2)C(=O)N(C)[C@@H](Cc2ccccc2)C(=O)N1C. The largest absolute Gasteiger partial charge is 0.508 e. The van der Waals surface area contributed by atoms with Gasteiger partial charge in [0, 0.05) is 103 Å². The van der Waals surface area contributed by atoms with E-state index in [4.69, 9.17) is 28.9 Å². The number of nitrogens with one attached hydrogen (secondary N) is 10. The van der Waals surface area contributed by atoms with Gasteiger partial charge in [0.25, 0.3) is 0 Å². The van der Waals surface area contributed by atoms with E-state index in [-0.39, 0.29) is 62.0 Å². The Labute approximate surface area is 784 Å². The number of aromatic amines is 1. The zero-order valence-corrected chi connectivity index (χ0v) is 78.0. The molecular weight excluding hydrogens is 1780 g/mol. The molecule has 1 saturated heterocycles. The second-order valence-electron chi connectivity index (χ2n) is 33.7. The number of rotatable bonds is 24. The molecule has 1 fully saturated rings. The average Bonchev–Trinajstić information content (AvgIpc) is 1.80. The van der Waals surface area contributed by atoms with Gasteiger partial charge in [-0.2, -0.15) is 0 Å². The number of thioether (sulfide) groups is 1. The summed E-state index contributed by atoms with van der Waals surface area (Å²) in [5, 5.41) is 55.0. The Morgan fingerprint density at radius 2 is 1.03 bits per heavy atom. The fourth-order valence-electron chi connectivity index (χ4n) is 15.3. The van der Waals surface area contributed by atoms with Crippen molar-refractivity contribution < 1.29 is 96.4 Å². The Balaban J connectivity index is 1.23. The van der Waals surface area contributed by atoms with Crippen LogP contribution in [0, 0.1) is 17.7 Å². The number of aromatic hydroxyl groups is 2. The molecule has 39 heteroatoms. The van der Waals surface area contributed by atoms with Gasteiger partial charge in [-0.05, 0) is 101 Å². The Hall–Kier alpha value is -13.0. The van der Waals surface area contributed by atoms with Crippen LogP contribution in [0.15, 0.2) is 152 Å². The van der Waals surface area contributed by atoms with Crippen LogP contribution < -0.4 is 53.6 Å². The Bertz CT molecular complexity index is 5250. The summed E-state index contributed by atoms with van der Waals surface area (Å²) in [6.45, 7) is 6.27. The number of phenols is 2. The van der Waals surface area contributed by atoms with E-state index in [0.717, 1.165) is 36.3 Å². The zero-order valence-electron chi connectivity index (χ0n) is 75.6. The highest BCUT2D eigenvalue weighted by Gasteiger charge is 2.43. The van der Waals surface area contributed by atoms with E-state index in [9.17, 15) is 48.9 Å². The molecule has 35 nitrogen and oxygen atoms in total. The maximum Gasteiger partial charge on any atom is 0.305 e. The summed E-state index contributed by atoms with van der Waals surface area (Å²) in [5.41, 5.74) is 8.51. The third-order valence-corrected chi connectivity index (χ3v) is 24.3. The number of amides is 14. The lowest BCUT2D eigenvalue weighted by atomic mass is 9.98. The van der Waals surface area contributed by atoms with Gasteiger partial charge in [-0.15, -0.1) is 11.8 Å². The number of hydrogen-bond acceptors (Lipinski definition) is 20. The summed E-state index contributed by atoms with van der Waals surface area (Å²) in [5.74, 6) is -18.2. The van der Waals surface area contributed by atoms with Crippen LogP contribution in [-0.2, 0) is 115 Å². The third kappa shape index (κ3) is 31.1. The number of halogens is 3. The predicted octanol–water partition coefficient (Wildman–Crippen LogP) is 3.81. The molecular formula is C94H117Cl2FN16O19S. The molecule has 1 aliphatic rings. The highest BCUT2D eigenvalue weighted by Crippen LogP contribution is 2.28. The molecule has 0 aliphatic carbocycles. The highest BCUT2D eigenvalue weighted by atomic mass is 35.5. The average molecular weight is 1900 g/mol. The van der Waals surface area contributed by atoms with Crippen LogP contribution in [0.5, 0.6) is 11.5 Å². The minimum atomic E-state index is -1.74. The number of aliphatic carboxylic acids is 1. The molecule has 1 aromatic heterocycles. The first-order chi connectivity index (χ1) is 63.1. The monoisotopic (exact) mass is 1890 g/mol. The van der Waals surface area contributed by atoms with E-state index in [1.54, 1.807) is 119 Å². The molecule has 8 rings (SSSR count). The molecule has 1 unspecified atom stereocenters. The quantitative estimate of drug-likeness (QED) is 0.0302. The molecule has 14 amide bonds. The van der Waals surface area contributed by atoms with Gasteiger partial charge in [0.1, 0.15) is 78.2 Å². The maximum absolute atomic E-state index is 15.7. The number of para-hydroxylation sites is 1. The lowest BCUT2D eigenvalue weighted by Gasteiger charge is -2.38. The fraction of sp³-hybridized carbons (Fsp3) is 0.426. The molecule has 133 heavy (non-hydrogen) atoms. The molecule has 7 aromatic rings. The third-order valence-electron chi connectivity index (χ3n) is 22.7. The molecule has 0 bridgehead atoms. The van der Waals surface area contributed by atoms with Crippen LogP contribution in [0.4, 0.5) is 4.39 Å². The van der Waals surface area contributed by atoms with Gasteiger partial charge in [-0.3, -0.25) is 71.9 Å². The van der Waals surface area contributed by atoms with Gasteiger partial charge in [0.15, 0.2) is 5.82 Å². The first-order valence-corrected chi connectivity index (χ1v) is 45.3. The minimum Gasteiger partial charge on any atom is -0.508 e. The van der Waals surface area contributed by atoms with Crippen molar-refractivity contribution in [1.29, 1.82) is 0 Å². The number of fused-ring (bicyclic) bond motifs is 1. The van der Waals surface area contributed by atoms with Crippen molar-refractivity contribution in [3.8, 4) is 11.5 Å². The fourth-order valence-corrected chi connectivity index (χ4v) is 16.6. The van der Waals surface area contributed by atoms with Gasteiger partial charge in [0.2, 0.25) is 82.7 Å². The number of nitrogens with two attached hydrogens (primary N) is 1. The molecule has 0 radical (unpaired) electrons. The number of carbonyl (C=O) groups excluding carboxylic acids is 15. The van der Waals surface area contributed by atoms with Crippen LogP contribution >= 0.6 is 35.0 Å². The number of likely N-dealkylation sites (N-methyl/N-ethyl adjacent to an activating group) is 5. The van der Waals surface area contributed by atoms with Crippen molar-refractivity contribution >= 4 is 141 Å². The number of carbonyl (C=O) groups is 16. The predicted molar refractivity (Wildman–Crippen MR) is 497 cm³/mol. The first-order valence-electron chi connectivity index (χ1n) is 43.4. The van der Waals surface area contributed by atoms with E-state index in [0.29, 0.717) is 57.8 Å². The van der Waals surface area contributed by atoms with Crippen molar-refractivity contribution in [1.82, 2.24) is 77.3 Å². The van der Waals surface area contributed by atoms with Crippen molar-refractivity contribution in [2.24, 2.45) is 17.6 Å². The van der Waals surface area contributed by atoms with Crippen LogP contribution in [0.25, 0.3) is 10.9 Å². The molecule has 0 spiro atoms. The smallest absolute Gasteiger partial charge is 0.305 e. The number of carboxylic acid groups (broad SMARTS) is 1. The van der Waals surface area contributed by atoms with Gasteiger partial charge in [0.05, 0.1) is 47.4 Å². The molecule has 2 heterocycles. The number of unbranched alkanes of at least 4 members (excludes halogenated alkanes) is 1. The Kier molecular flexibility index (Phi) is 40.1. The van der Waals surface area contributed by atoms with Crippen molar-refractivity contribution in [3.63, 3.8) is 0 Å². The lowest BCUT2D eigenvalue weighted by molar-refractivity contribution is -0.151. The normalized spacial score (nSPS) is 22.2. The molecule has 714 valence electrons. The molecule has 6 aromatic carbocycles. The van der Waals surface area contributed by atoms with E-state index in [2.05, 4.69) is 52.8 Å². The second kappa shape index (κ2) is 50.6. The topological polar surface area (TPSA) is 500 Å². The van der Waals surface area contributed by atoms with E-state index < -0.39 is 233 Å². The summed E-state index contributed by atoms with van der Waals surface area (Å²) in [6.07, 6.45) is -0.161. The van der Waals surface area contributed by atoms with Crippen LogP contribution in [-0.4, -0.2) is 279 Å². The summed E-state index contributed by atoms with van der Waals surface area (Å²) >= 11 is 13.4. The van der Waals surface area contributed by atoms with Crippen LogP contribution in [0.3, 0.4) is 0 Å². The first kappa shape index (κ1) is 105. The van der Waals surface area contributed by atoms with E-state index >= 15 is 47.5 Å². The number of phenolic OH excluding ortho intramolecular Hbond substituents is 2. The Morgan fingerprint density at radius 1 is 0.541 bits per heavy atom. The standard InChI is InChI=1S/C94H117Cl2FN16O19S/c1-11-12-27-75-92(130)110(7)61(50-114)47-100-68(45-81(120)121)85(123)108-83(54(4)5)94(132)112(9)76(42-55-21-15-13-16-22-55)89(127)106-72(40-58-30-34-63(116)35-31-58)90(128)109(6)49-79(118)102-71(44-60-46-99-67-26-20-19-25-64(60)67)88(126)105-70(39-57-28-32-62(115)33-29-57)87(125)104-69(36-53(2)3)86(124)107-74(84(122)101-48-78(98)117)51-133-52-80(119)103-73(41-59-37-65(95)82(97)66(96)38-59)91(129)113(10)77(93(131)111(75)8)43-56-23-17-14-18-24-56/h13-26,28-35,37-38,46,50,53-54,61,68-77,83,99-100,115-116H,11-12,27,36,39-45,47-49,51-52H2,1-10H3,(H2,98,117)(H,101,122)(H,102,118)(H,103,119)(H,104,125)(H,105,126)(H,106,127)(H,107,124)(H,108,123)(H,120,121)/t61?,68-,69-,70-,71-,72-,73-,74-,75-,76-,77-,83-/m0/s1. The van der Waals surface area contributed by atoms with E-state index in [1.165, 1.54) is 95.9 Å². The van der Waals surface area contributed by atoms with Gasteiger partial charge in [-0.25, -0.2) is 4.39 Å². The van der Waals surface area contributed by atoms with Crippen LogP contribution in [0.2, 0.25) is 10.0 Å². The molecule has 15 N–H and O–H groups in total. The zero-order chi connectivity index (χ0) is 97.6.